The first kappa shape index (κ1) is 18.3. The molecule has 3 heterocycles. The number of carbonyl (C=O) groups excluding carboxylic acids is 1. The number of aromatic nitrogens is 5. The summed E-state index contributed by atoms with van der Waals surface area (Å²) in [6.45, 7) is 0. The lowest BCUT2D eigenvalue weighted by atomic mass is 10.1. The number of hydrogen-bond acceptors (Lipinski definition) is 7. The highest BCUT2D eigenvalue weighted by Gasteiger charge is 2.17. The van der Waals surface area contributed by atoms with Crippen LogP contribution in [-0.4, -0.2) is 52.3 Å². The van der Waals surface area contributed by atoms with Gasteiger partial charge >= 0.3 is 0 Å². The number of ether oxygens (including phenoxy) is 2. The quantitative estimate of drug-likeness (QED) is 0.396. The Balaban J connectivity index is 1.73. The highest BCUT2D eigenvalue weighted by Crippen LogP contribution is 2.35. The fraction of sp³-hybridized carbons (Fsp3) is 0.158. The Labute approximate surface area is 165 Å². The Morgan fingerprint density at radius 1 is 1.14 bits per heavy atom. The number of methoxy groups -OCH3 is 2. The third-order valence-electron chi connectivity index (χ3n) is 4.44. The van der Waals surface area contributed by atoms with Crippen LogP contribution in [0.4, 0.5) is 11.6 Å². The topological polar surface area (TPSA) is 130 Å². The summed E-state index contributed by atoms with van der Waals surface area (Å²) in [5.74, 6) is 1.02. The van der Waals surface area contributed by atoms with Crippen LogP contribution in [0.3, 0.4) is 0 Å². The molecule has 4 aromatic rings. The molecular weight excluding hydrogens is 374 g/mol. The summed E-state index contributed by atoms with van der Waals surface area (Å²) in [5.41, 5.74) is 3.48. The second-order valence-corrected chi connectivity index (χ2v) is 6.09. The third kappa shape index (κ3) is 3.31. The van der Waals surface area contributed by atoms with Crippen LogP contribution in [0, 0.1) is 0 Å². The van der Waals surface area contributed by atoms with Crippen LogP contribution in [0.15, 0.2) is 36.8 Å². The molecule has 4 N–H and O–H groups in total. The zero-order valence-corrected chi connectivity index (χ0v) is 16.0. The van der Waals surface area contributed by atoms with Gasteiger partial charge in [-0.2, -0.15) is 15.1 Å². The van der Waals surface area contributed by atoms with Crippen molar-refractivity contribution < 1.29 is 14.3 Å². The number of H-pyrrole nitrogens is 2. The number of amides is 1. The molecule has 0 radical (unpaired) electrons. The van der Waals surface area contributed by atoms with Crippen LogP contribution < -0.4 is 20.1 Å². The van der Waals surface area contributed by atoms with E-state index < -0.39 is 0 Å². The summed E-state index contributed by atoms with van der Waals surface area (Å²) in [7, 11) is 4.65. The van der Waals surface area contributed by atoms with Crippen LogP contribution in [0.25, 0.3) is 22.2 Å². The summed E-state index contributed by atoms with van der Waals surface area (Å²) in [6.07, 6.45) is 5.33. The molecule has 1 aromatic carbocycles. The molecule has 0 bridgehead atoms. The number of benzene rings is 1. The Morgan fingerprint density at radius 3 is 2.69 bits per heavy atom. The van der Waals surface area contributed by atoms with Gasteiger partial charge in [-0.05, 0) is 18.2 Å². The Morgan fingerprint density at radius 2 is 2.00 bits per heavy atom. The average molecular weight is 393 g/mol. The van der Waals surface area contributed by atoms with Crippen LogP contribution in [0.2, 0.25) is 0 Å². The first-order chi connectivity index (χ1) is 14.1. The van der Waals surface area contributed by atoms with Crippen molar-refractivity contribution in [2.24, 2.45) is 0 Å². The molecule has 29 heavy (non-hydrogen) atoms. The lowest BCUT2D eigenvalue weighted by molar-refractivity contribution is 0.0963. The van der Waals surface area contributed by atoms with Crippen molar-refractivity contribution in [3.63, 3.8) is 0 Å². The van der Waals surface area contributed by atoms with Crippen molar-refractivity contribution in [1.29, 1.82) is 0 Å². The van der Waals surface area contributed by atoms with E-state index in [0.29, 0.717) is 34.5 Å². The molecule has 0 aliphatic carbocycles. The molecule has 10 nitrogen and oxygen atoms in total. The smallest absolute Gasteiger partial charge is 0.251 e. The van der Waals surface area contributed by atoms with E-state index in [1.54, 1.807) is 44.8 Å². The van der Waals surface area contributed by atoms with Gasteiger partial charge in [0.1, 0.15) is 11.4 Å². The van der Waals surface area contributed by atoms with Crippen LogP contribution >= 0.6 is 0 Å². The highest BCUT2D eigenvalue weighted by molar-refractivity contribution is 5.98. The van der Waals surface area contributed by atoms with Crippen molar-refractivity contribution in [3.8, 4) is 22.8 Å². The summed E-state index contributed by atoms with van der Waals surface area (Å²) in [4.78, 5) is 24.0. The van der Waals surface area contributed by atoms with Gasteiger partial charge in [-0.1, -0.05) is 0 Å². The van der Waals surface area contributed by atoms with Crippen LogP contribution in [0.1, 0.15) is 10.4 Å². The number of nitrogens with zero attached hydrogens (tertiary/aromatic N) is 3. The van der Waals surface area contributed by atoms with Crippen molar-refractivity contribution >= 4 is 28.6 Å². The lowest BCUT2D eigenvalue weighted by Crippen LogP contribution is -2.17. The number of hydrogen-bond donors (Lipinski definition) is 4. The standard InChI is InChI=1S/C19H19N7O3/c1-20-17(27)10-4-5-13(14(6-10)28-2)24-19-25-16-15(18(26-19)29-3)12(9-21-16)11-7-22-23-8-11/h4-9H,1-3H3,(H,20,27)(H,22,23)(H2,21,24,25,26). The summed E-state index contributed by atoms with van der Waals surface area (Å²) < 4.78 is 10.9. The summed E-state index contributed by atoms with van der Waals surface area (Å²) in [6, 6.07) is 5.06. The van der Waals surface area contributed by atoms with E-state index in [1.165, 1.54) is 7.11 Å². The Kier molecular flexibility index (Phi) is 4.73. The third-order valence-corrected chi connectivity index (χ3v) is 4.44. The predicted molar refractivity (Wildman–Crippen MR) is 108 cm³/mol. The maximum Gasteiger partial charge on any atom is 0.251 e. The minimum Gasteiger partial charge on any atom is -0.495 e. The SMILES string of the molecule is CNC(=O)c1ccc(Nc2nc(OC)c3c(-c4cn[nH]c4)c[nH]c3n2)c(OC)c1. The van der Waals surface area contributed by atoms with E-state index in [1.807, 2.05) is 6.20 Å². The fourth-order valence-electron chi connectivity index (χ4n) is 3.03. The first-order valence-corrected chi connectivity index (χ1v) is 8.74. The van der Waals surface area contributed by atoms with Crippen molar-refractivity contribution in [3.05, 3.63) is 42.4 Å². The first-order valence-electron chi connectivity index (χ1n) is 8.74. The second-order valence-electron chi connectivity index (χ2n) is 6.09. The largest absolute Gasteiger partial charge is 0.495 e. The predicted octanol–water partition coefficient (Wildman–Crippen LogP) is 2.47. The molecule has 0 atom stereocenters. The van der Waals surface area contributed by atoms with Gasteiger partial charge in [0.15, 0.2) is 0 Å². The van der Waals surface area contributed by atoms with Gasteiger partial charge in [0.25, 0.3) is 5.91 Å². The zero-order valence-electron chi connectivity index (χ0n) is 16.0. The summed E-state index contributed by atoms with van der Waals surface area (Å²) in [5, 5.41) is 13.2. The van der Waals surface area contributed by atoms with Crippen LogP contribution in [-0.2, 0) is 0 Å². The van der Waals surface area contributed by atoms with Crippen molar-refractivity contribution in [1.82, 2.24) is 30.5 Å². The van der Waals surface area contributed by atoms with E-state index in [2.05, 4.69) is 35.8 Å². The molecule has 0 aliphatic rings. The average Bonchev–Trinajstić information content (AvgIpc) is 3.42. The molecule has 3 aromatic heterocycles. The van der Waals surface area contributed by atoms with E-state index in [0.717, 1.165) is 16.5 Å². The molecule has 0 saturated heterocycles. The van der Waals surface area contributed by atoms with Gasteiger partial charge in [-0.15, -0.1) is 0 Å². The molecule has 1 amide bonds. The fourth-order valence-corrected chi connectivity index (χ4v) is 3.03. The zero-order chi connectivity index (χ0) is 20.4. The Hall–Kier alpha value is -4.08. The van der Waals surface area contributed by atoms with E-state index in [-0.39, 0.29) is 5.91 Å². The molecule has 148 valence electrons. The normalized spacial score (nSPS) is 10.7. The van der Waals surface area contributed by atoms with E-state index in [4.69, 9.17) is 9.47 Å². The van der Waals surface area contributed by atoms with Gasteiger partial charge in [0.2, 0.25) is 11.8 Å². The number of nitrogens with one attached hydrogen (secondary N) is 4. The van der Waals surface area contributed by atoms with Gasteiger partial charge < -0.3 is 25.1 Å². The van der Waals surface area contributed by atoms with Gasteiger partial charge in [-0.3, -0.25) is 9.89 Å². The van der Waals surface area contributed by atoms with Crippen LogP contribution in [0.5, 0.6) is 11.6 Å². The molecule has 0 aliphatic heterocycles. The highest BCUT2D eigenvalue weighted by atomic mass is 16.5. The van der Waals surface area contributed by atoms with Gasteiger partial charge in [0.05, 0.1) is 31.5 Å². The molecule has 10 heteroatoms. The molecule has 0 fully saturated rings. The summed E-state index contributed by atoms with van der Waals surface area (Å²) >= 11 is 0. The van der Waals surface area contributed by atoms with Crippen molar-refractivity contribution in [2.45, 2.75) is 0 Å². The molecule has 4 rings (SSSR count). The minimum absolute atomic E-state index is 0.202. The van der Waals surface area contributed by atoms with Crippen molar-refractivity contribution in [2.75, 3.05) is 26.6 Å². The van der Waals surface area contributed by atoms with E-state index in [9.17, 15) is 4.79 Å². The molecular formula is C19H19N7O3. The molecule has 0 unspecified atom stereocenters. The molecule has 0 spiro atoms. The number of rotatable bonds is 6. The van der Waals surface area contributed by atoms with Gasteiger partial charge in [-0.25, -0.2) is 0 Å². The number of carbonyl (C=O) groups is 1. The minimum atomic E-state index is -0.202. The molecule has 0 saturated carbocycles. The number of aromatic amines is 2. The lowest BCUT2D eigenvalue weighted by Gasteiger charge is -2.12. The monoisotopic (exact) mass is 393 g/mol. The number of fused-ring (bicyclic) bond motifs is 1. The number of anilines is 2. The Bertz CT molecular complexity index is 1170. The van der Waals surface area contributed by atoms with E-state index >= 15 is 0 Å². The maximum atomic E-state index is 11.8. The second kappa shape index (κ2) is 7.50. The van der Waals surface area contributed by atoms with Gasteiger partial charge in [0, 0.05) is 36.1 Å². The maximum absolute atomic E-state index is 11.8.